The van der Waals surface area contributed by atoms with Gasteiger partial charge in [0.15, 0.2) is 0 Å². The van der Waals surface area contributed by atoms with Crippen molar-refractivity contribution in [2.45, 2.75) is 0 Å². The monoisotopic (exact) mass is 268 g/mol. The van der Waals surface area contributed by atoms with E-state index in [1.807, 2.05) is 30.3 Å². The molecule has 0 radical (unpaired) electrons. The largest absolute Gasteiger partial charge is 0.497 e. The van der Waals surface area contributed by atoms with E-state index >= 15 is 0 Å². The van der Waals surface area contributed by atoms with Crippen LogP contribution in [-0.2, 0) is 0 Å². The minimum Gasteiger partial charge on any atom is -0.497 e. The van der Waals surface area contributed by atoms with Crippen molar-refractivity contribution in [2.75, 3.05) is 7.11 Å². The predicted octanol–water partition coefficient (Wildman–Crippen LogP) is 1.63. The second-order valence-corrected chi connectivity index (χ2v) is 4.13. The van der Waals surface area contributed by atoms with E-state index < -0.39 is 0 Å². The van der Waals surface area contributed by atoms with Crippen LogP contribution in [-0.4, -0.2) is 27.1 Å². The summed E-state index contributed by atoms with van der Waals surface area (Å²) in [7, 11) is 1.62. The Bertz CT molecular complexity index is 774. The normalized spacial score (nSPS) is 10.4. The number of rotatable bonds is 3. The maximum absolute atomic E-state index is 11.7. The molecule has 20 heavy (non-hydrogen) atoms. The van der Waals surface area contributed by atoms with Gasteiger partial charge in [0.25, 0.3) is 5.56 Å². The number of methoxy groups -OCH3 is 1. The zero-order valence-electron chi connectivity index (χ0n) is 10.8. The van der Waals surface area contributed by atoms with Crippen molar-refractivity contribution < 1.29 is 4.74 Å². The van der Waals surface area contributed by atoms with Crippen LogP contribution in [0.4, 0.5) is 0 Å². The van der Waals surface area contributed by atoms with Crippen LogP contribution < -0.4 is 10.3 Å². The Morgan fingerprint density at radius 3 is 2.65 bits per heavy atom. The van der Waals surface area contributed by atoms with Gasteiger partial charge in [0.2, 0.25) is 0 Å². The van der Waals surface area contributed by atoms with Gasteiger partial charge in [0, 0.05) is 11.8 Å². The Balaban J connectivity index is 2.14. The third-order valence-corrected chi connectivity index (χ3v) is 2.94. The summed E-state index contributed by atoms with van der Waals surface area (Å²) in [4.78, 5) is 16.1. The van der Waals surface area contributed by atoms with Gasteiger partial charge in [-0.2, -0.15) is 5.10 Å². The van der Waals surface area contributed by atoms with Gasteiger partial charge in [-0.25, -0.2) is 9.90 Å². The Kier molecular flexibility index (Phi) is 3.04. The molecule has 0 saturated heterocycles. The van der Waals surface area contributed by atoms with E-state index in [1.165, 1.54) is 10.9 Å². The van der Waals surface area contributed by atoms with E-state index in [0.29, 0.717) is 11.4 Å². The summed E-state index contributed by atoms with van der Waals surface area (Å²) in [5, 5.41) is 6.38. The van der Waals surface area contributed by atoms with Crippen molar-refractivity contribution in [3.63, 3.8) is 0 Å². The van der Waals surface area contributed by atoms with Crippen LogP contribution in [0.5, 0.6) is 5.75 Å². The molecule has 0 spiro atoms. The maximum Gasteiger partial charge on any atom is 0.291 e. The zero-order valence-corrected chi connectivity index (χ0v) is 10.8. The number of benzene rings is 1. The van der Waals surface area contributed by atoms with Crippen molar-refractivity contribution in [3.05, 3.63) is 59.1 Å². The number of aromatic amines is 1. The van der Waals surface area contributed by atoms with E-state index in [4.69, 9.17) is 4.74 Å². The van der Waals surface area contributed by atoms with E-state index in [1.54, 1.807) is 19.4 Å². The lowest BCUT2D eigenvalue weighted by Gasteiger charge is -2.08. The number of hydrogen-bond donors (Lipinski definition) is 1. The molecule has 6 heteroatoms. The average Bonchev–Trinajstić information content (AvgIpc) is 2.93. The molecular formula is C14H12N4O2. The average molecular weight is 268 g/mol. The summed E-state index contributed by atoms with van der Waals surface area (Å²) in [5.74, 6) is 0.768. The van der Waals surface area contributed by atoms with E-state index in [0.717, 1.165) is 11.3 Å². The molecule has 0 atom stereocenters. The molecular weight excluding hydrogens is 256 g/mol. The lowest BCUT2D eigenvalue weighted by atomic mass is 10.1. The number of hydrogen-bond acceptors (Lipinski definition) is 4. The first-order valence-electron chi connectivity index (χ1n) is 6.02. The number of pyridine rings is 1. The standard InChI is InChI=1S/C14H12N4O2/c1-20-11-6-4-10(5-7-11)14-12(3-2-8-15-14)18-13(19)9-16-17-18/h2-9,17H,1H3. The highest BCUT2D eigenvalue weighted by Gasteiger charge is 2.10. The minimum absolute atomic E-state index is 0.229. The molecule has 1 aromatic carbocycles. The number of nitrogens with one attached hydrogen (secondary N) is 1. The molecule has 2 aromatic heterocycles. The smallest absolute Gasteiger partial charge is 0.291 e. The van der Waals surface area contributed by atoms with Crippen molar-refractivity contribution in [1.82, 2.24) is 20.0 Å². The molecule has 6 nitrogen and oxygen atoms in total. The number of aromatic nitrogens is 4. The van der Waals surface area contributed by atoms with E-state index in [9.17, 15) is 4.79 Å². The number of H-pyrrole nitrogens is 1. The lowest BCUT2D eigenvalue weighted by molar-refractivity contribution is 0.415. The van der Waals surface area contributed by atoms with E-state index in [-0.39, 0.29) is 5.56 Å². The van der Waals surface area contributed by atoms with E-state index in [2.05, 4.69) is 15.3 Å². The Morgan fingerprint density at radius 2 is 2.00 bits per heavy atom. The molecule has 2 heterocycles. The molecule has 0 aliphatic rings. The van der Waals surface area contributed by atoms with Gasteiger partial charge in [-0.05, 0) is 36.4 Å². The third-order valence-electron chi connectivity index (χ3n) is 2.94. The van der Waals surface area contributed by atoms with Crippen LogP contribution in [0.15, 0.2) is 53.6 Å². The van der Waals surface area contributed by atoms with Crippen LogP contribution in [0.2, 0.25) is 0 Å². The zero-order chi connectivity index (χ0) is 13.9. The highest BCUT2D eigenvalue weighted by Crippen LogP contribution is 2.24. The predicted molar refractivity (Wildman–Crippen MR) is 74.0 cm³/mol. The van der Waals surface area contributed by atoms with Gasteiger partial charge in [0.1, 0.15) is 11.9 Å². The molecule has 0 saturated carbocycles. The fourth-order valence-corrected chi connectivity index (χ4v) is 1.97. The number of nitrogens with zero attached hydrogens (tertiary/aromatic N) is 3. The molecule has 3 aromatic rings. The molecule has 1 N–H and O–H groups in total. The van der Waals surface area contributed by atoms with Crippen molar-refractivity contribution in [1.29, 1.82) is 0 Å². The van der Waals surface area contributed by atoms with Gasteiger partial charge >= 0.3 is 0 Å². The molecule has 0 unspecified atom stereocenters. The second kappa shape index (κ2) is 5.00. The summed E-state index contributed by atoms with van der Waals surface area (Å²) in [6, 6.07) is 11.1. The molecule has 0 bridgehead atoms. The summed E-state index contributed by atoms with van der Waals surface area (Å²) in [6.45, 7) is 0. The molecule has 3 rings (SSSR count). The Labute approximate surface area is 114 Å². The molecule has 0 aliphatic heterocycles. The van der Waals surface area contributed by atoms with Gasteiger partial charge in [-0.1, -0.05) is 0 Å². The quantitative estimate of drug-likeness (QED) is 0.783. The molecule has 0 aliphatic carbocycles. The highest BCUT2D eigenvalue weighted by molar-refractivity contribution is 5.69. The van der Waals surface area contributed by atoms with Crippen LogP contribution in [0.1, 0.15) is 0 Å². The first-order chi connectivity index (χ1) is 9.79. The second-order valence-electron chi connectivity index (χ2n) is 4.13. The van der Waals surface area contributed by atoms with Crippen LogP contribution >= 0.6 is 0 Å². The van der Waals surface area contributed by atoms with Crippen molar-refractivity contribution in [2.24, 2.45) is 0 Å². The first-order valence-corrected chi connectivity index (χ1v) is 6.02. The van der Waals surface area contributed by atoms with Gasteiger partial charge in [0.05, 0.1) is 18.5 Å². The van der Waals surface area contributed by atoms with Crippen LogP contribution in [0.3, 0.4) is 0 Å². The molecule has 100 valence electrons. The van der Waals surface area contributed by atoms with Crippen molar-refractivity contribution in [3.8, 4) is 22.7 Å². The summed E-state index contributed by atoms with van der Waals surface area (Å²) >= 11 is 0. The Hall–Kier alpha value is -2.89. The molecule has 0 amide bonds. The van der Waals surface area contributed by atoms with Gasteiger partial charge in [-0.3, -0.25) is 9.78 Å². The lowest BCUT2D eigenvalue weighted by Crippen LogP contribution is -2.14. The third kappa shape index (κ3) is 2.07. The number of ether oxygens (including phenoxy) is 1. The Morgan fingerprint density at radius 1 is 1.20 bits per heavy atom. The van der Waals surface area contributed by atoms with Crippen LogP contribution in [0, 0.1) is 0 Å². The van der Waals surface area contributed by atoms with Gasteiger partial charge < -0.3 is 4.74 Å². The summed E-state index contributed by atoms with van der Waals surface area (Å²) < 4.78 is 6.49. The van der Waals surface area contributed by atoms with Gasteiger partial charge in [-0.15, -0.1) is 0 Å². The van der Waals surface area contributed by atoms with Crippen molar-refractivity contribution >= 4 is 0 Å². The van der Waals surface area contributed by atoms with Crippen LogP contribution in [0.25, 0.3) is 16.9 Å². The fraction of sp³-hybridized carbons (Fsp3) is 0.0714. The summed E-state index contributed by atoms with van der Waals surface area (Å²) in [6.07, 6.45) is 2.91. The SMILES string of the molecule is COc1ccc(-c2ncccc2-n2[nH]ncc2=O)cc1. The topological polar surface area (TPSA) is 72.8 Å². The minimum atomic E-state index is -0.229. The summed E-state index contributed by atoms with van der Waals surface area (Å²) in [5.41, 5.74) is 2.01. The fourth-order valence-electron chi connectivity index (χ4n) is 1.97. The molecule has 0 fully saturated rings. The first kappa shape index (κ1) is 12.2. The maximum atomic E-state index is 11.7. The highest BCUT2D eigenvalue weighted by atomic mass is 16.5.